The summed E-state index contributed by atoms with van der Waals surface area (Å²) in [6.07, 6.45) is 0. The summed E-state index contributed by atoms with van der Waals surface area (Å²) in [5, 5.41) is 11.4. The lowest BCUT2D eigenvalue weighted by Crippen LogP contribution is -2.37. The third-order valence-electron chi connectivity index (χ3n) is 3.45. The third-order valence-corrected chi connectivity index (χ3v) is 3.45. The molecule has 0 bridgehead atoms. The molecule has 0 unspecified atom stereocenters. The van der Waals surface area contributed by atoms with Crippen LogP contribution >= 0.6 is 0 Å². The first kappa shape index (κ1) is 14.1. The number of amides is 1. The average molecular weight is 266 g/mol. The quantitative estimate of drug-likeness (QED) is 0.855. The first-order valence-electron chi connectivity index (χ1n) is 6.59. The number of hydrogen-bond acceptors (Lipinski definition) is 2. The van der Waals surface area contributed by atoms with E-state index in [1.165, 1.54) is 0 Å². The van der Waals surface area contributed by atoms with Crippen LogP contribution in [0.3, 0.4) is 0 Å². The molecule has 3 nitrogen and oxygen atoms in total. The van der Waals surface area contributed by atoms with Gasteiger partial charge >= 0.3 is 0 Å². The number of nitriles is 1. The van der Waals surface area contributed by atoms with E-state index in [0.717, 1.165) is 16.3 Å². The van der Waals surface area contributed by atoms with Crippen molar-refractivity contribution in [3.05, 3.63) is 48.0 Å². The first-order chi connectivity index (χ1) is 9.45. The summed E-state index contributed by atoms with van der Waals surface area (Å²) in [5.74, 6) is -0.159. The van der Waals surface area contributed by atoms with Crippen molar-refractivity contribution in [2.75, 3.05) is 7.05 Å². The molecule has 0 aliphatic carbocycles. The Labute approximate surface area is 119 Å². The molecule has 2 aromatic rings. The van der Waals surface area contributed by atoms with Crippen molar-refractivity contribution in [1.29, 1.82) is 5.26 Å². The van der Waals surface area contributed by atoms with E-state index in [2.05, 4.69) is 24.3 Å². The number of nitrogens with zero attached hydrogens (tertiary/aromatic N) is 2. The van der Waals surface area contributed by atoms with Crippen LogP contribution in [0.2, 0.25) is 0 Å². The molecule has 0 radical (unpaired) electrons. The summed E-state index contributed by atoms with van der Waals surface area (Å²) in [6.45, 7) is 3.80. The summed E-state index contributed by atoms with van der Waals surface area (Å²) in [7, 11) is 1.74. The van der Waals surface area contributed by atoms with Crippen molar-refractivity contribution in [1.82, 2.24) is 4.90 Å². The zero-order valence-electron chi connectivity index (χ0n) is 12.1. The van der Waals surface area contributed by atoms with Crippen LogP contribution in [0.1, 0.15) is 19.4 Å². The lowest BCUT2D eigenvalue weighted by atomic mass is 9.93. The summed E-state index contributed by atoms with van der Waals surface area (Å²) < 4.78 is 0. The molecule has 0 N–H and O–H groups in total. The zero-order chi connectivity index (χ0) is 14.8. The van der Waals surface area contributed by atoms with Gasteiger partial charge in [0.25, 0.3) is 0 Å². The molecule has 20 heavy (non-hydrogen) atoms. The zero-order valence-corrected chi connectivity index (χ0v) is 12.1. The Morgan fingerprint density at radius 2 is 1.85 bits per heavy atom. The van der Waals surface area contributed by atoms with Gasteiger partial charge in [0.05, 0.1) is 6.07 Å². The van der Waals surface area contributed by atoms with Crippen molar-refractivity contribution < 1.29 is 4.79 Å². The Balaban J connectivity index is 2.29. The maximum absolute atomic E-state index is 12.2. The number of rotatable bonds is 3. The molecule has 2 aromatic carbocycles. The molecule has 0 heterocycles. The van der Waals surface area contributed by atoms with Crippen LogP contribution in [0.25, 0.3) is 10.8 Å². The standard InChI is InChI=1S/C17H18N2O/c1-17(2,12-18)16(20)19(3)11-14-9-6-8-13-7-4-5-10-15(13)14/h4-10H,11H2,1-3H3. The Hall–Kier alpha value is -2.34. The number of carbonyl (C=O) groups excluding carboxylic acids is 1. The minimum atomic E-state index is -0.987. The molecule has 0 atom stereocenters. The molecular formula is C17H18N2O. The van der Waals surface area contributed by atoms with E-state index in [1.54, 1.807) is 25.8 Å². The molecular weight excluding hydrogens is 248 g/mol. The van der Waals surface area contributed by atoms with Crippen LogP contribution < -0.4 is 0 Å². The van der Waals surface area contributed by atoms with Crippen LogP contribution in [0.15, 0.2) is 42.5 Å². The van der Waals surface area contributed by atoms with Gasteiger partial charge in [-0.05, 0) is 30.2 Å². The fraction of sp³-hybridized carbons (Fsp3) is 0.294. The summed E-state index contributed by atoms with van der Waals surface area (Å²) in [5.41, 5.74) is 0.104. The smallest absolute Gasteiger partial charge is 0.242 e. The van der Waals surface area contributed by atoms with Gasteiger partial charge < -0.3 is 4.90 Å². The van der Waals surface area contributed by atoms with Crippen LogP contribution in [0.5, 0.6) is 0 Å². The molecule has 102 valence electrons. The number of benzene rings is 2. The van der Waals surface area contributed by atoms with Gasteiger partial charge in [-0.1, -0.05) is 42.5 Å². The van der Waals surface area contributed by atoms with Crippen molar-refractivity contribution in [3.8, 4) is 6.07 Å². The molecule has 0 aromatic heterocycles. The predicted molar refractivity (Wildman–Crippen MR) is 79.8 cm³/mol. The molecule has 3 heteroatoms. The van der Waals surface area contributed by atoms with Gasteiger partial charge in [0.1, 0.15) is 5.41 Å². The summed E-state index contributed by atoms with van der Waals surface area (Å²) >= 11 is 0. The van der Waals surface area contributed by atoms with E-state index >= 15 is 0 Å². The van der Waals surface area contributed by atoms with Gasteiger partial charge in [0, 0.05) is 13.6 Å². The van der Waals surface area contributed by atoms with Gasteiger partial charge in [-0.3, -0.25) is 4.79 Å². The first-order valence-corrected chi connectivity index (χ1v) is 6.59. The lowest BCUT2D eigenvalue weighted by molar-refractivity contribution is -0.136. The normalized spacial score (nSPS) is 11.1. The van der Waals surface area contributed by atoms with Crippen molar-refractivity contribution in [2.45, 2.75) is 20.4 Å². The van der Waals surface area contributed by atoms with E-state index in [1.807, 2.05) is 24.3 Å². The minimum absolute atomic E-state index is 0.159. The molecule has 0 aliphatic heterocycles. The van der Waals surface area contributed by atoms with Gasteiger partial charge in [-0.15, -0.1) is 0 Å². The molecule has 0 aliphatic rings. The Bertz CT molecular complexity index is 677. The van der Waals surface area contributed by atoms with Crippen molar-refractivity contribution in [2.24, 2.45) is 5.41 Å². The maximum atomic E-state index is 12.2. The van der Waals surface area contributed by atoms with Gasteiger partial charge in [-0.25, -0.2) is 0 Å². The predicted octanol–water partition coefficient (Wildman–Crippen LogP) is 3.35. The Morgan fingerprint density at radius 1 is 1.20 bits per heavy atom. The van der Waals surface area contributed by atoms with Crippen LogP contribution in [0.4, 0.5) is 0 Å². The second-order valence-electron chi connectivity index (χ2n) is 5.54. The second kappa shape index (κ2) is 5.34. The highest BCUT2D eigenvalue weighted by Gasteiger charge is 2.30. The maximum Gasteiger partial charge on any atom is 0.242 e. The molecule has 0 fully saturated rings. The number of hydrogen-bond donors (Lipinski definition) is 0. The van der Waals surface area contributed by atoms with E-state index in [9.17, 15) is 4.79 Å². The monoisotopic (exact) mass is 266 g/mol. The van der Waals surface area contributed by atoms with Gasteiger partial charge in [0.2, 0.25) is 5.91 Å². The molecule has 0 saturated carbocycles. The van der Waals surface area contributed by atoms with Gasteiger partial charge in [0.15, 0.2) is 0 Å². The Kier molecular flexibility index (Phi) is 3.76. The highest BCUT2D eigenvalue weighted by Crippen LogP contribution is 2.22. The summed E-state index contributed by atoms with van der Waals surface area (Å²) in [6, 6.07) is 16.2. The Morgan fingerprint density at radius 3 is 2.55 bits per heavy atom. The highest BCUT2D eigenvalue weighted by atomic mass is 16.2. The van der Waals surface area contributed by atoms with Crippen LogP contribution in [-0.4, -0.2) is 17.9 Å². The number of fused-ring (bicyclic) bond motifs is 1. The molecule has 0 saturated heterocycles. The fourth-order valence-electron chi connectivity index (χ4n) is 2.28. The van der Waals surface area contributed by atoms with E-state index in [0.29, 0.717) is 6.54 Å². The van der Waals surface area contributed by atoms with Crippen LogP contribution in [0, 0.1) is 16.7 Å². The third kappa shape index (κ3) is 2.65. The number of carbonyl (C=O) groups is 1. The molecule has 1 amide bonds. The lowest BCUT2D eigenvalue weighted by Gasteiger charge is -2.24. The van der Waals surface area contributed by atoms with Crippen molar-refractivity contribution >= 4 is 16.7 Å². The van der Waals surface area contributed by atoms with E-state index < -0.39 is 5.41 Å². The average Bonchev–Trinajstić information content (AvgIpc) is 2.46. The van der Waals surface area contributed by atoms with Crippen LogP contribution in [-0.2, 0) is 11.3 Å². The topological polar surface area (TPSA) is 44.1 Å². The molecule has 2 rings (SSSR count). The van der Waals surface area contributed by atoms with E-state index in [-0.39, 0.29) is 5.91 Å². The highest BCUT2D eigenvalue weighted by molar-refractivity contribution is 5.87. The summed E-state index contributed by atoms with van der Waals surface area (Å²) in [4.78, 5) is 13.9. The minimum Gasteiger partial charge on any atom is -0.340 e. The second-order valence-corrected chi connectivity index (χ2v) is 5.54. The van der Waals surface area contributed by atoms with Crippen molar-refractivity contribution in [3.63, 3.8) is 0 Å². The van der Waals surface area contributed by atoms with Gasteiger partial charge in [-0.2, -0.15) is 5.26 Å². The largest absolute Gasteiger partial charge is 0.340 e. The van der Waals surface area contributed by atoms with E-state index in [4.69, 9.17) is 5.26 Å². The SMILES string of the molecule is CN(Cc1cccc2ccccc12)C(=O)C(C)(C)C#N. The molecule has 0 spiro atoms. The fourth-order valence-corrected chi connectivity index (χ4v) is 2.28.